The molecule has 0 spiro atoms. The number of carboxylic acids is 1. The average molecular weight is 144 g/mol. The van der Waals surface area contributed by atoms with Crippen molar-refractivity contribution < 1.29 is 17.5 Å². The van der Waals surface area contributed by atoms with Gasteiger partial charge in [0.15, 0.2) is 0 Å². The van der Waals surface area contributed by atoms with Crippen molar-refractivity contribution in [1.82, 2.24) is 0 Å². The van der Waals surface area contributed by atoms with Gasteiger partial charge in [-0.05, 0) is 6.92 Å². The van der Waals surface area contributed by atoms with E-state index in [4.69, 9.17) is 5.11 Å². The molecule has 4 heteroatoms. The van der Waals surface area contributed by atoms with Crippen molar-refractivity contribution in [3.63, 3.8) is 0 Å². The van der Waals surface area contributed by atoms with Crippen molar-refractivity contribution in [1.29, 1.82) is 0 Å². The molecule has 0 amide bonds. The molecule has 1 N–H and O–H groups in total. The maximum Gasteiger partial charge on any atom is 2.00 e. The zero-order valence-electron chi connectivity index (χ0n) is 6.68. The summed E-state index contributed by atoms with van der Waals surface area (Å²) in [4.78, 5) is 19.5. The average Bonchev–Trinajstić information content (AvgIpc) is 1.27. The molecule has 0 rings (SSSR count). The van der Waals surface area contributed by atoms with Crippen molar-refractivity contribution in [2.45, 2.75) is 13.3 Å². The van der Waals surface area contributed by atoms with E-state index < -0.39 is 5.97 Å². The summed E-state index contributed by atoms with van der Waals surface area (Å²) in [6.07, 6.45) is -0.361. The SMILES string of the molecule is CC(=O)CC(=O)O.[Ca+2].[H-].[H-]. The number of hydrogen-bond donors (Lipinski definition) is 1. The zero-order valence-corrected chi connectivity index (χ0v) is 6.89. The van der Waals surface area contributed by atoms with Gasteiger partial charge in [0.1, 0.15) is 12.2 Å². The van der Waals surface area contributed by atoms with Gasteiger partial charge in [-0.15, -0.1) is 0 Å². The predicted octanol–water partition coefficient (Wildman–Crippen LogP) is -0.106. The van der Waals surface area contributed by atoms with Crippen molar-refractivity contribution in [3.8, 4) is 0 Å². The van der Waals surface area contributed by atoms with Gasteiger partial charge in [-0.1, -0.05) is 0 Å². The molecule has 0 saturated heterocycles. The molecule has 44 valence electrons. The van der Waals surface area contributed by atoms with Gasteiger partial charge >= 0.3 is 43.7 Å². The Morgan fingerprint density at radius 2 is 2.00 bits per heavy atom. The fraction of sp³-hybridized carbons (Fsp3) is 0.500. The molecule has 0 unspecified atom stereocenters. The minimum absolute atomic E-state index is 0. The van der Waals surface area contributed by atoms with E-state index in [9.17, 15) is 9.59 Å². The van der Waals surface area contributed by atoms with E-state index in [-0.39, 0.29) is 52.8 Å². The number of hydrogen-bond acceptors (Lipinski definition) is 2. The third-order valence-corrected chi connectivity index (χ3v) is 0.400. The first-order valence-corrected chi connectivity index (χ1v) is 1.84. The van der Waals surface area contributed by atoms with E-state index in [1.807, 2.05) is 0 Å². The van der Waals surface area contributed by atoms with E-state index in [0.717, 1.165) is 0 Å². The largest absolute Gasteiger partial charge is 2.00 e. The van der Waals surface area contributed by atoms with Crippen LogP contribution in [-0.2, 0) is 9.59 Å². The summed E-state index contributed by atoms with van der Waals surface area (Å²) in [5.74, 6) is -1.37. The molecule has 0 aromatic carbocycles. The second-order valence-corrected chi connectivity index (χ2v) is 1.27. The van der Waals surface area contributed by atoms with Crippen molar-refractivity contribution in [3.05, 3.63) is 0 Å². The Kier molecular flexibility index (Phi) is 7.77. The van der Waals surface area contributed by atoms with Crippen LogP contribution in [0.1, 0.15) is 16.2 Å². The van der Waals surface area contributed by atoms with Crippen LogP contribution in [0.5, 0.6) is 0 Å². The van der Waals surface area contributed by atoms with E-state index in [2.05, 4.69) is 0 Å². The van der Waals surface area contributed by atoms with Crippen LogP contribution in [0.2, 0.25) is 0 Å². The van der Waals surface area contributed by atoms with Crippen LogP contribution in [0.3, 0.4) is 0 Å². The Hall–Kier alpha value is 0.400. The van der Waals surface area contributed by atoms with Gasteiger partial charge < -0.3 is 7.96 Å². The van der Waals surface area contributed by atoms with Crippen LogP contribution in [0, 0.1) is 0 Å². The first-order valence-electron chi connectivity index (χ1n) is 1.84. The molecule has 0 fully saturated rings. The Balaban J connectivity index is -0.0000000600. The quantitative estimate of drug-likeness (QED) is 0.434. The van der Waals surface area contributed by atoms with Crippen molar-refractivity contribution in [2.75, 3.05) is 0 Å². The molecule has 0 saturated carbocycles. The number of ketones is 1. The van der Waals surface area contributed by atoms with Crippen LogP contribution < -0.4 is 0 Å². The molecule has 0 aromatic heterocycles. The summed E-state index contributed by atoms with van der Waals surface area (Å²) in [5.41, 5.74) is 0. The fourth-order valence-electron chi connectivity index (χ4n) is 0.213. The number of carboxylic acid groups (broad SMARTS) is 1. The van der Waals surface area contributed by atoms with Crippen LogP contribution in [0.4, 0.5) is 0 Å². The Bertz CT molecular complexity index is 94.7. The summed E-state index contributed by atoms with van der Waals surface area (Å²) >= 11 is 0. The van der Waals surface area contributed by atoms with Crippen LogP contribution in [-0.4, -0.2) is 54.6 Å². The van der Waals surface area contributed by atoms with E-state index >= 15 is 0 Å². The van der Waals surface area contributed by atoms with Gasteiger partial charge in [0.2, 0.25) is 0 Å². The van der Waals surface area contributed by atoms with Gasteiger partial charge in [-0.2, -0.15) is 0 Å². The van der Waals surface area contributed by atoms with Gasteiger partial charge in [0.25, 0.3) is 0 Å². The van der Waals surface area contributed by atoms with Gasteiger partial charge in [-0.3, -0.25) is 9.59 Å². The minimum atomic E-state index is -1.06. The molecule has 0 radical (unpaired) electrons. The molecular weight excluding hydrogens is 136 g/mol. The third-order valence-electron chi connectivity index (χ3n) is 0.400. The monoisotopic (exact) mass is 144 g/mol. The Morgan fingerprint density at radius 1 is 1.62 bits per heavy atom. The molecule has 0 aliphatic heterocycles. The summed E-state index contributed by atoms with van der Waals surface area (Å²) in [6.45, 7) is 1.24. The molecule has 3 nitrogen and oxygen atoms in total. The van der Waals surface area contributed by atoms with E-state index in [0.29, 0.717) is 0 Å². The van der Waals surface area contributed by atoms with Crippen LogP contribution in [0.25, 0.3) is 0 Å². The molecule has 0 aliphatic carbocycles. The number of Topliss-reactive ketones (excluding diaryl/α,β-unsaturated/α-hetero) is 1. The van der Waals surface area contributed by atoms with Crippen LogP contribution >= 0.6 is 0 Å². The third kappa shape index (κ3) is 9.64. The predicted molar refractivity (Wildman–Crippen MR) is 30.9 cm³/mol. The molecule has 0 aliphatic rings. The first-order chi connectivity index (χ1) is 3.13. The Labute approximate surface area is 80.0 Å². The van der Waals surface area contributed by atoms with E-state index in [1.54, 1.807) is 0 Å². The second kappa shape index (κ2) is 5.53. The topological polar surface area (TPSA) is 54.4 Å². The standard InChI is InChI=1S/C4H6O3.Ca.2H/c1-3(5)2-4(6)7;;;/h2H2,1H3,(H,6,7);;;/q;+2;2*-1. The molecule has 0 bridgehead atoms. The smallest absolute Gasteiger partial charge is 1.00 e. The van der Waals surface area contributed by atoms with Crippen molar-refractivity contribution in [2.24, 2.45) is 0 Å². The molecule has 8 heavy (non-hydrogen) atoms. The zero-order chi connectivity index (χ0) is 5.86. The van der Waals surface area contributed by atoms with Crippen LogP contribution in [0.15, 0.2) is 0 Å². The number of aliphatic carboxylic acids is 1. The summed E-state index contributed by atoms with van der Waals surface area (Å²) in [6, 6.07) is 0. The molecule has 0 aromatic rings. The van der Waals surface area contributed by atoms with Gasteiger partial charge in [-0.25, -0.2) is 0 Å². The number of carbonyl (C=O) groups is 2. The molecule has 0 heterocycles. The first kappa shape index (κ1) is 11.2. The Morgan fingerprint density at radius 3 is 2.00 bits per heavy atom. The normalized spacial score (nSPS) is 7.12. The summed E-state index contributed by atoms with van der Waals surface area (Å²) in [7, 11) is 0. The summed E-state index contributed by atoms with van der Waals surface area (Å²) < 4.78 is 0. The molecular formula is C4H8CaO3. The molecule has 0 atom stereocenters. The number of rotatable bonds is 2. The minimum Gasteiger partial charge on any atom is -1.00 e. The summed E-state index contributed by atoms with van der Waals surface area (Å²) in [5, 5.41) is 7.86. The van der Waals surface area contributed by atoms with Gasteiger partial charge in [0, 0.05) is 0 Å². The maximum absolute atomic E-state index is 9.87. The van der Waals surface area contributed by atoms with Gasteiger partial charge in [0.05, 0.1) is 0 Å². The second-order valence-electron chi connectivity index (χ2n) is 1.27. The van der Waals surface area contributed by atoms with Crippen molar-refractivity contribution >= 4 is 49.5 Å². The maximum atomic E-state index is 9.87. The van der Waals surface area contributed by atoms with E-state index in [1.165, 1.54) is 6.92 Å². The number of carbonyl (C=O) groups excluding carboxylic acids is 1. The fourth-order valence-corrected chi connectivity index (χ4v) is 0.213.